The van der Waals surface area contributed by atoms with Crippen LogP contribution in [0.5, 0.6) is 5.88 Å². The van der Waals surface area contributed by atoms with E-state index >= 15 is 0 Å². The van der Waals surface area contributed by atoms with Crippen molar-refractivity contribution >= 4 is 8.32 Å². The van der Waals surface area contributed by atoms with E-state index < -0.39 is 8.32 Å². The highest BCUT2D eigenvalue weighted by atomic mass is 28.4. The van der Waals surface area contributed by atoms with Crippen molar-refractivity contribution in [2.24, 2.45) is 5.92 Å². The Balaban J connectivity index is 1.76. The highest BCUT2D eigenvalue weighted by molar-refractivity contribution is 6.69. The van der Waals surface area contributed by atoms with Gasteiger partial charge in [0, 0.05) is 36.9 Å². The summed E-state index contributed by atoms with van der Waals surface area (Å²) in [5.74, 6) is 1.84. The fraction of sp³-hybridized carbons (Fsp3) is 0.737. The first-order chi connectivity index (χ1) is 11.5. The molecule has 0 radical (unpaired) electrons. The molecule has 1 aromatic heterocycles. The molecule has 134 valence electrons. The molecule has 2 saturated heterocycles. The zero-order valence-corrected chi connectivity index (χ0v) is 16.6. The van der Waals surface area contributed by atoms with E-state index in [2.05, 4.69) is 36.7 Å². The van der Waals surface area contributed by atoms with Crippen molar-refractivity contribution in [2.75, 3.05) is 26.8 Å². The van der Waals surface area contributed by atoms with Gasteiger partial charge in [-0.1, -0.05) is 12.5 Å². The minimum absolute atomic E-state index is 0.490. The molecule has 0 saturated carbocycles. The molecular weight excluding hydrogens is 316 g/mol. The molecule has 0 unspecified atom stereocenters. The van der Waals surface area contributed by atoms with Gasteiger partial charge in [-0.15, -0.1) is 0 Å². The van der Waals surface area contributed by atoms with Gasteiger partial charge in [0.25, 0.3) is 0 Å². The van der Waals surface area contributed by atoms with Gasteiger partial charge in [-0.2, -0.15) is 0 Å². The number of piperidine rings is 2. The fourth-order valence-electron chi connectivity index (χ4n) is 4.18. The number of methoxy groups -OCH3 is 1. The van der Waals surface area contributed by atoms with E-state index in [1.54, 1.807) is 7.11 Å². The largest absolute Gasteiger partial charge is 0.481 e. The lowest BCUT2D eigenvalue weighted by Crippen LogP contribution is -2.52. The van der Waals surface area contributed by atoms with Crippen LogP contribution in [0.15, 0.2) is 18.2 Å². The zero-order chi connectivity index (χ0) is 17.2. The van der Waals surface area contributed by atoms with Crippen LogP contribution in [0.25, 0.3) is 0 Å². The minimum Gasteiger partial charge on any atom is -0.481 e. The van der Waals surface area contributed by atoms with E-state index in [4.69, 9.17) is 14.1 Å². The van der Waals surface area contributed by atoms with Gasteiger partial charge in [0.15, 0.2) is 8.32 Å². The van der Waals surface area contributed by atoms with Gasteiger partial charge in [-0.3, -0.25) is 4.90 Å². The fourth-order valence-corrected chi connectivity index (χ4v) is 4.89. The number of fused-ring (bicyclic) bond motifs is 1. The van der Waals surface area contributed by atoms with Crippen molar-refractivity contribution in [3.63, 3.8) is 0 Å². The van der Waals surface area contributed by atoms with Crippen LogP contribution in [0.2, 0.25) is 19.6 Å². The summed E-state index contributed by atoms with van der Waals surface area (Å²) in [5.41, 5.74) is 1.18. The number of nitrogens with zero attached hydrogens (tertiary/aromatic N) is 2. The molecule has 2 aliphatic heterocycles. The SMILES string of the molecule is COc1cccc([C@@H]2C[C@H](CO[Si](C)(C)C)[C@H]3CCCCN3C2)n1. The monoisotopic (exact) mass is 348 g/mol. The molecule has 2 aliphatic rings. The normalized spacial score (nSPS) is 28.4. The average molecular weight is 349 g/mol. The maximum absolute atomic E-state index is 6.31. The second kappa shape index (κ2) is 7.54. The first kappa shape index (κ1) is 17.9. The molecule has 0 aromatic carbocycles. The van der Waals surface area contributed by atoms with Crippen LogP contribution in [0.4, 0.5) is 0 Å². The molecule has 1 aromatic rings. The number of hydrogen-bond acceptors (Lipinski definition) is 4. The lowest BCUT2D eigenvalue weighted by Gasteiger charge is -2.47. The van der Waals surface area contributed by atoms with Crippen LogP contribution < -0.4 is 4.74 Å². The van der Waals surface area contributed by atoms with Crippen LogP contribution in [-0.2, 0) is 4.43 Å². The molecule has 0 amide bonds. The summed E-state index contributed by atoms with van der Waals surface area (Å²) in [7, 11) is 0.225. The van der Waals surface area contributed by atoms with Gasteiger partial charge >= 0.3 is 0 Å². The third kappa shape index (κ3) is 4.38. The molecule has 0 spiro atoms. The Morgan fingerprint density at radius 3 is 2.83 bits per heavy atom. The Hall–Kier alpha value is -0.913. The van der Waals surface area contributed by atoms with Gasteiger partial charge in [0.05, 0.1) is 7.11 Å². The second-order valence-corrected chi connectivity index (χ2v) is 12.8. The van der Waals surface area contributed by atoms with Crippen LogP contribution in [0, 0.1) is 5.92 Å². The summed E-state index contributed by atoms with van der Waals surface area (Å²) >= 11 is 0. The van der Waals surface area contributed by atoms with E-state index in [0.717, 1.165) is 19.0 Å². The maximum Gasteiger partial charge on any atom is 0.213 e. The molecular formula is C19H32N2O2Si. The van der Waals surface area contributed by atoms with Crippen molar-refractivity contribution in [1.82, 2.24) is 9.88 Å². The maximum atomic E-state index is 6.31. The van der Waals surface area contributed by atoms with Gasteiger partial charge in [0.1, 0.15) is 0 Å². The Morgan fingerprint density at radius 2 is 2.08 bits per heavy atom. The number of ether oxygens (including phenoxy) is 1. The molecule has 0 N–H and O–H groups in total. The molecule has 3 heterocycles. The average Bonchev–Trinajstić information content (AvgIpc) is 2.58. The van der Waals surface area contributed by atoms with Crippen molar-refractivity contribution in [3.05, 3.63) is 23.9 Å². The Labute approximate surface area is 147 Å². The zero-order valence-electron chi connectivity index (χ0n) is 15.6. The summed E-state index contributed by atoms with van der Waals surface area (Å²) < 4.78 is 11.6. The third-order valence-electron chi connectivity index (χ3n) is 5.35. The summed E-state index contributed by atoms with van der Waals surface area (Å²) in [6, 6.07) is 6.86. The van der Waals surface area contributed by atoms with Crippen LogP contribution in [0.3, 0.4) is 0 Å². The van der Waals surface area contributed by atoms with Crippen LogP contribution in [-0.4, -0.2) is 51.0 Å². The molecule has 3 rings (SSSR count). The smallest absolute Gasteiger partial charge is 0.213 e. The summed E-state index contributed by atoms with van der Waals surface area (Å²) in [4.78, 5) is 7.42. The van der Waals surface area contributed by atoms with E-state index in [9.17, 15) is 0 Å². The van der Waals surface area contributed by atoms with Crippen LogP contribution >= 0.6 is 0 Å². The molecule has 4 nitrogen and oxygen atoms in total. The number of rotatable bonds is 5. The molecule has 5 heteroatoms. The van der Waals surface area contributed by atoms with E-state index in [1.807, 2.05) is 6.07 Å². The molecule has 0 bridgehead atoms. The lowest BCUT2D eigenvalue weighted by molar-refractivity contribution is 0.0235. The quantitative estimate of drug-likeness (QED) is 0.756. The Morgan fingerprint density at radius 1 is 1.25 bits per heavy atom. The molecule has 24 heavy (non-hydrogen) atoms. The standard InChI is InChI=1S/C19H32N2O2Si/c1-22-19-10-7-8-17(20-19)15-12-16(14-23-24(2,3)4)18-9-5-6-11-21(18)13-15/h7-8,10,15-16,18H,5-6,9,11-14H2,1-4H3/t15-,16-,18-/m1/s1. The number of pyridine rings is 1. The van der Waals surface area contributed by atoms with Crippen molar-refractivity contribution < 1.29 is 9.16 Å². The molecule has 0 aliphatic carbocycles. The Kier molecular flexibility index (Phi) is 5.62. The minimum atomic E-state index is -1.47. The van der Waals surface area contributed by atoms with Gasteiger partial charge in [-0.25, -0.2) is 4.98 Å². The first-order valence-electron chi connectivity index (χ1n) is 9.35. The molecule has 2 fully saturated rings. The van der Waals surface area contributed by atoms with Gasteiger partial charge in [-0.05, 0) is 57.4 Å². The molecule has 3 atom stereocenters. The Bertz CT molecular complexity index is 546. The van der Waals surface area contributed by atoms with Gasteiger partial charge < -0.3 is 9.16 Å². The predicted molar refractivity (Wildman–Crippen MR) is 100 cm³/mol. The number of aromatic nitrogens is 1. The highest BCUT2D eigenvalue weighted by Crippen LogP contribution is 2.38. The third-order valence-corrected chi connectivity index (χ3v) is 6.39. The van der Waals surface area contributed by atoms with E-state index in [1.165, 1.54) is 37.9 Å². The van der Waals surface area contributed by atoms with Crippen molar-refractivity contribution in [2.45, 2.75) is 57.3 Å². The van der Waals surface area contributed by atoms with E-state index in [-0.39, 0.29) is 0 Å². The van der Waals surface area contributed by atoms with Gasteiger partial charge in [0.2, 0.25) is 5.88 Å². The topological polar surface area (TPSA) is 34.6 Å². The van der Waals surface area contributed by atoms with E-state index in [0.29, 0.717) is 17.9 Å². The first-order valence-corrected chi connectivity index (χ1v) is 12.8. The summed E-state index contributed by atoms with van der Waals surface area (Å²) in [6.45, 7) is 10.1. The lowest BCUT2D eigenvalue weighted by atomic mass is 9.78. The van der Waals surface area contributed by atoms with Crippen LogP contribution in [0.1, 0.15) is 37.3 Å². The van der Waals surface area contributed by atoms with Crippen molar-refractivity contribution in [3.8, 4) is 5.88 Å². The summed E-state index contributed by atoms with van der Waals surface area (Å²) in [6.07, 6.45) is 5.22. The summed E-state index contributed by atoms with van der Waals surface area (Å²) in [5, 5.41) is 0. The number of hydrogen-bond donors (Lipinski definition) is 0. The second-order valence-electron chi connectivity index (χ2n) is 8.28. The van der Waals surface area contributed by atoms with Crippen molar-refractivity contribution in [1.29, 1.82) is 0 Å². The highest BCUT2D eigenvalue weighted by Gasteiger charge is 2.38. The predicted octanol–water partition coefficient (Wildman–Crippen LogP) is 3.90.